The quantitative estimate of drug-likeness (QED) is 0.280. The van der Waals surface area contributed by atoms with Crippen LogP contribution < -0.4 is 19.5 Å². The lowest BCUT2D eigenvalue weighted by molar-refractivity contribution is 0.0691. The Hall–Kier alpha value is -4.32. The van der Waals surface area contributed by atoms with E-state index in [0.717, 1.165) is 0 Å². The molecule has 2 aromatic heterocycles. The normalized spacial score (nSPS) is 11.2. The van der Waals surface area contributed by atoms with Crippen LogP contribution in [-0.4, -0.2) is 48.7 Å². The fourth-order valence-corrected chi connectivity index (χ4v) is 4.32. The van der Waals surface area contributed by atoms with Gasteiger partial charge in [-0.05, 0) is 36.4 Å². The van der Waals surface area contributed by atoms with Gasteiger partial charge in [-0.2, -0.15) is 0 Å². The average molecular weight is 484 g/mol. The summed E-state index contributed by atoms with van der Waals surface area (Å²) in [6, 6.07) is 14.8. The SMILES string of the molecule is COc1ccc(OC)c(Nc2nc3ccccc3nc2NS(=O)(=O)Cc2ccc(C(=O)O)[nH]2)c1. The first-order chi connectivity index (χ1) is 16.3. The highest BCUT2D eigenvalue weighted by atomic mass is 32.2. The number of aromatic nitrogens is 3. The molecule has 4 N–H and O–H groups in total. The molecule has 0 saturated carbocycles. The van der Waals surface area contributed by atoms with E-state index in [1.54, 1.807) is 42.5 Å². The molecule has 12 heteroatoms. The number of H-pyrrole nitrogens is 1. The summed E-state index contributed by atoms with van der Waals surface area (Å²) in [5.74, 6) is -0.523. The van der Waals surface area contributed by atoms with Gasteiger partial charge in [0.1, 0.15) is 22.9 Å². The van der Waals surface area contributed by atoms with Crippen LogP contribution in [0.2, 0.25) is 0 Å². The minimum Gasteiger partial charge on any atom is -0.497 e. The fraction of sp³-hybridized carbons (Fsp3) is 0.136. The number of ether oxygens (including phenoxy) is 2. The van der Waals surface area contributed by atoms with Gasteiger partial charge in [0, 0.05) is 11.8 Å². The molecule has 0 saturated heterocycles. The largest absolute Gasteiger partial charge is 0.497 e. The van der Waals surface area contributed by atoms with E-state index in [-0.39, 0.29) is 23.0 Å². The van der Waals surface area contributed by atoms with Crippen LogP contribution in [-0.2, 0) is 15.8 Å². The van der Waals surface area contributed by atoms with Crippen molar-refractivity contribution in [3.63, 3.8) is 0 Å². The summed E-state index contributed by atoms with van der Waals surface area (Å²) in [5, 5.41) is 12.1. The number of carboxylic acid groups (broad SMARTS) is 1. The number of aromatic carboxylic acids is 1. The van der Waals surface area contributed by atoms with Gasteiger partial charge in [-0.1, -0.05) is 12.1 Å². The maximum atomic E-state index is 12.9. The number of aromatic amines is 1. The third-order valence-corrected chi connectivity index (χ3v) is 6.00. The molecule has 2 heterocycles. The number of sulfonamides is 1. The van der Waals surface area contributed by atoms with E-state index in [4.69, 9.17) is 14.6 Å². The Balaban J connectivity index is 1.71. The van der Waals surface area contributed by atoms with Crippen molar-refractivity contribution in [1.82, 2.24) is 15.0 Å². The molecule has 0 amide bonds. The maximum absolute atomic E-state index is 12.9. The second kappa shape index (κ2) is 9.27. The number of nitrogens with one attached hydrogen (secondary N) is 3. The Kier molecular flexibility index (Phi) is 6.23. The van der Waals surface area contributed by atoms with Crippen LogP contribution >= 0.6 is 0 Å². The van der Waals surface area contributed by atoms with Gasteiger partial charge in [-0.3, -0.25) is 4.72 Å². The van der Waals surface area contributed by atoms with Crippen LogP contribution in [0, 0.1) is 0 Å². The van der Waals surface area contributed by atoms with Gasteiger partial charge in [-0.15, -0.1) is 0 Å². The molecular formula is C22H21N5O6S. The van der Waals surface area contributed by atoms with Crippen molar-refractivity contribution in [1.29, 1.82) is 0 Å². The lowest BCUT2D eigenvalue weighted by Gasteiger charge is -2.16. The Morgan fingerprint density at radius 2 is 1.71 bits per heavy atom. The topological polar surface area (TPSA) is 156 Å². The lowest BCUT2D eigenvalue weighted by Crippen LogP contribution is -2.18. The van der Waals surface area contributed by atoms with Crippen molar-refractivity contribution < 1.29 is 27.8 Å². The Morgan fingerprint density at radius 3 is 2.32 bits per heavy atom. The molecule has 0 bridgehead atoms. The number of para-hydroxylation sites is 2. The second-order valence-corrected chi connectivity index (χ2v) is 8.89. The second-order valence-electron chi connectivity index (χ2n) is 7.16. The first-order valence-electron chi connectivity index (χ1n) is 9.95. The molecule has 0 atom stereocenters. The fourth-order valence-electron chi connectivity index (χ4n) is 3.23. The molecule has 0 fully saturated rings. The highest BCUT2D eigenvalue weighted by molar-refractivity contribution is 7.91. The molecular weight excluding hydrogens is 462 g/mol. The first kappa shape index (κ1) is 22.9. The number of methoxy groups -OCH3 is 2. The van der Waals surface area contributed by atoms with Gasteiger partial charge < -0.3 is 24.9 Å². The third-order valence-electron chi connectivity index (χ3n) is 4.80. The van der Waals surface area contributed by atoms with E-state index in [1.807, 2.05) is 0 Å². The monoisotopic (exact) mass is 483 g/mol. The van der Waals surface area contributed by atoms with Crippen LogP contribution in [0.3, 0.4) is 0 Å². The molecule has 4 rings (SSSR count). The molecule has 11 nitrogen and oxygen atoms in total. The minimum atomic E-state index is -3.98. The average Bonchev–Trinajstić information content (AvgIpc) is 3.27. The summed E-state index contributed by atoms with van der Waals surface area (Å²) in [4.78, 5) is 22.6. The first-order valence-corrected chi connectivity index (χ1v) is 11.6. The highest BCUT2D eigenvalue weighted by Gasteiger charge is 2.20. The van der Waals surface area contributed by atoms with E-state index in [0.29, 0.717) is 28.2 Å². The number of rotatable bonds is 9. The maximum Gasteiger partial charge on any atom is 0.352 e. The third kappa shape index (κ3) is 5.02. The zero-order valence-corrected chi connectivity index (χ0v) is 19.0. The van der Waals surface area contributed by atoms with E-state index in [2.05, 4.69) is 25.0 Å². The summed E-state index contributed by atoms with van der Waals surface area (Å²) < 4.78 is 38.9. The van der Waals surface area contributed by atoms with E-state index in [1.165, 1.54) is 26.4 Å². The Labute approximate surface area is 194 Å². The number of anilines is 3. The molecule has 2 aromatic carbocycles. The van der Waals surface area contributed by atoms with E-state index < -0.39 is 21.7 Å². The van der Waals surface area contributed by atoms with Crippen molar-refractivity contribution >= 4 is 44.3 Å². The Morgan fingerprint density at radius 1 is 1.00 bits per heavy atom. The van der Waals surface area contributed by atoms with Crippen molar-refractivity contribution in [3.05, 3.63) is 66.0 Å². The number of benzene rings is 2. The highest BCUT2D eigenvalue weighted by Crippen LogP contribution is 2.34. The number of carbonyl (C=O) groups is 1. The predicted octanol–water partition coefficient (Wildman–Crippen LogP) is 3.36. The summed E-state index contributed by atoms with van der Waals surface area (Å²) in [5.41, 5.74) is 1.62. The van der Waals surface area contributed by atoms with Crippen molar-refractivity contribution in [2.75, 3.05) is 24.3 Å². The lowest BCUT2D eigenvalue weighted by atomic mass is 10.2. The van der Waals surface area contributed by atoms with Gasteiger partial charge in [0.25, 0.3) is 0 Å². The summed E-state index contributed by atoms with van der Waals surface area (Å²) in [6.45, 7) is 0. The van der Waals surface area contributed by atoms with Crippen LogP contribution in [0.15, 0.2) is 54.6 Å². The number of hydrogen-bond acceptors (Lipinski definition) is 8. The smallest absolute Gasteiger partial charge is 0.352 e. The molecule has 0 unspecified atom stereocenters. The molecule has 0 radical (unpaired) electrons. The van der Waals surface area contributed by atoms with Crippen LogP contribution in [0.5, 0.6) is 11.5 Å². The van der Waals surface area contributed by atoms with Crippen LogP contribution in [0.4, 0.5) is 17.3 Å². The minimum absolute atomic E-state index is 0.0337. The van der Waals surface area contributed by atoms with E-state index >= 15 is 0 Å². The van der Waals surface area contributed by atoms with Crippen LogP contribution in [0.25, 0.3) is 11.0 Å². The van der Waals surface area contributed by atoms with Crippen molar-refractivity contribution in [3.8, 4) is 11.5 Å². The molecule has 34 heavy (non-hydrogen) atoms. The van der Waals surface area contributed by atoms with Gasteiger partial charge in [0.05, 0.1) is 30.9 Å². The van der Waals surface area contributed by atoms with E-state index in [9.17, 15) is 13.2 Å². The number of fused-ring (bicyclic) bond motifs is 1. The van der Waals surface area contributed by atoms with Gasteiger partial charge in [-0.25, -0.2) is 23.2 Å². The molecule has 0 spiro atoms. The zero-order valence-electron chi connectivity index (χ0n) is 18.2. The summed E-state index contributed by atoms with van der Waals surface area (Å²) >= 11 is 0. The number of hydrogen-bond donors (Lipinski definition) is 4. The molecule has 0 aliphatic carbocycles. The summed E-state index contributed by atoms with van der Waals surface area (Å²) in [7, 11) is -0.955. The molecule has 0 aliphatic heterocycles. The van der Waals surface area contributed by atoms with Gasteiger partial charge >= 0.3 is 5.97 Å². The van der Waals surface area contributed by atoms with Gasteiger partial charge in [0.15, 0.2) is 11.6 Å². The number of carboxylic acids is 1. The molecule has 4 aromatic rings. The standard InChI is InChI=1S/C22H21N5O6S/c1-32-14-8-10-19(33-2)18(11-14)26-20-21(25-16-6-4-3-5-15(16)24-20)27-34(30,31)12-13-7-9-17(23-13)22(28)29/h3-11,23H,12H2,1-2H3,(H,24,26)(H,25,27)(H,28,29). The van der Waals surface area contributed by atoms with Crippen LogP contribution in [0.1, 0.15) is 16.2 Å². The predicted molar refractivity (Wildman–Crippen MR) is 126 cm³/mol. The van der Waals surface area contributed by atoms with Crippen molar-refractivity contribution in [2.45, 2.75) is 5.75 Å². The number of nitrogens with zero attached hydrogens (tertiary/aromatic N) is 2. The Bertz CT molecular complexity index is 1470. The molecule has 176 valence electrons. The van der Waals surface area contributed by atoms with Gasteiger partial charge in [0.2, 0.25) is 10.0 Å². The summed E-state index contributed by atoms with van der Waals surface area (Å²) in [6.07, 6.45) is 0. The molecule has 0 aliphatic rings. The zero-order chi connectivity index (χ0) is 24.3. The van der Waals surface area contributed by atoms with Crippen molar-refractivity contribution in [2.24, 2.45) is 0 Å².